The van der Waals surface area contributed by atoms with Gasteiger partial charge < -0.3 is 15.0 Å². The van der Waals surface area contributed by atoms with Crippen LogP contribution in [0.2, 0.25) is 0 Å². The number of methoxy groups -OCH3 is 1. The summed E-state index contributed by atoms with van der Waals surface area (Å²) in [6.07, 6.45) is 3.50. The number of benzene rings is 1. The molecule has 0 bridgehead atoms. The number of amides is 2. The molecule has 2 N–H and O–H groups in total. The lowest BCUT2D eigenvalue weighted by Crippen LogP contribution is -2.44. The lowest BCUT2D eigenvalue weighted by atomic mass is 9.89. The number of nitrogens with one attached hydrogen (secondary N) is 2. The maximum absolute atomic E-state index is 12.7. The van der Waals surface area contributed by atoms with Gasteiger partial charge in [-0.3, -0.25) is 14.7 Å². The molecular weight excluding hydrogens is 356 g/mol. The third-order valence-electron chi connectivity index (χ3n) is 5.03. The van der Waals surface area contributed by atoms with Gasteiger partial charge in [0.25, 0.3) is 5.91 Å². The molecule has 1 aromatic carbocycles. The number of rotatable bonds is 4. The van der Waals surface area contributed by atoms with Gasteiger partial charge in [0.15, 0.2) is 0 Å². The summed E-state index contributed by atoms with van der Waals surface area (Å²) in [4.78, 5) is 27.2. The Balaban J connectivity index is 1.72. The summed E-state index contributed by atoms with van der Waals surface area (Å²) in [6.45, 7) is 7.22. The molecule has 2 aromatic rings. The molecule has 1 aliphatic heterocycles. The van der Waals surface area contributed by atoms with Gasteiger partial charge in [0.1, 0.15) is 5.75 Å². The monoisotopic (exact) mass is 384 g/mol. The van der Waals surface area contributed by atoms with Crippen molar-refractivity contribution in [3.63, 3.8) is 0 Å². The molecule has 1 saturated heterocycles. The van der Waals surface area contributed by atoms with Crippen molar-refractivity contribution in [2.75, 3.05) is 25.5 Å². The number of hydrogen-bond donors (Lipinski definition) is 2. The Morgan fingerprint density at radius 1 is 1.25 bits per heavy atom. The number of anilines is 1. The second-order valence-electron chi connectivity index (χ2n) is 8.22. The maximum Gasteiger partial charge on any atom is 0.255 e. The van der Waals surface area contributed by atoms with Gasteiger partial charge >= 0.3 is 0 Å². The molecule has 1 unspecified atom stereocenters. The number of carbonyl (C=O) groups excluding carboxylic acids is 2. The average molecular weight is 384 g/mol. The molecule has 0 spiro atoms. The molecule has 150 valence electrons. The smallest absolute Gasteiger partial charge is 0.255 e. The van der Waals surface area contributed by atoms with Crippen molar-refractivity contribution in [1.29, 1.82) is 0 Å². The van der Waals surface area contributed by atoms with E-state index in [0.29, 0.717) is 23.5 Å². The van der Waals surface area contributed by atoms with Crippen LogP contribution >= 0.6 is 0 Å². The van der Waals surface area contributed by atoms with Crippen molar-refractivity contribution in [3.8, 4) is 5.75 Å². The third-order valence-corrected chi connectivity index (χ3v) is 5.03. The molecule has 1 aliphatic rings. The number of carbonyl (C=O) groups is 2. The Morgan fingerprint density at radius 2 is 1.96 bits per heavy atom. The van der Waals surface area contributed by atoms with Gasteiger partial charge in [-0.15, -0.1) is 0 Å². The number of piperidine rings is 1. The van der Waals surface area contributed by atoms with Crippen molar-refractivity contribution in [2.45, 2.75) is 39.5 Å². The lowest BCUT2D eigenvalue weighted by molar-refractivity contribution is -0.140. The van der Waals surface area contributed by atoms with Gasteiger partial charge in [-0.1, -0.05) is 20.8 Å². The van der Waals surface area contributed by atoms with Crippen molar-refractivity contribution >= 4 is 17.5 Å². The molecule has 2 amide bonds. The highest BCUT2D eigenvalue weighted by atomic mass is 16.5. The van der Waals surface area contributed by atoms with Crippen LogP contribution < -0.4 is 10.1 Å². The van der Waals surface area contributed by atoms with E-state index in [1.54, 1.807) is 37.6 Å². The Bertz CT molecular complexity index is 836. The van der Waals surface area contributed by atoms with Crippen LogP contribution in [0, 0.1) is 5.41 Å². The van der Waals surface area contributed by atoms with E-state index in [0.717, 1.165) is 25.1 Å². The lowest BCUT2D eigenvalue weighted by Gasteiger charge is -2.36. The molecule has 1 fully saturated rings. The highest BCUT2D eigenvalue weighted by molar-refractivity contribution is 6.04. The van der Waals surface area contributed by atoms with Crippen LogP contribution in [0.25, 0.3) is 0 Å². The fourth-order valence-corrected chi connectivity index (χ4v) is 3.52. The highest BCUT2D eigenvalue weighted by Gasteiger charge is 2.32. The summed E-state index contributed by atoms with van der Waals surface area (Å²) in [7, 11) is 1.59. The Labute approximate surface area is 165 Å². The molecular formula is C21H28N4O3. The van der Waals surface area contributed by atoms with Crippen molar-refractivity contribution in [3.05, 3.63) is 41.7 Å². The second kappa shape index (κ2) is 8.04. The Kier molecular flexibility index (Phi) is 5.72. The first-order valence-corrected chi connectivity index (χ1v) is 9.57. The van der Waals surface area contributed by atoms with E-state index in [-0.39, 0.29) is 17.7 Å². The molecule has 7 heteroatoms. The van der Waals surface area contributed by atoms with E-state index in [9.17, 15) is 9.59 Å². The van der Waals surface area contributed by atoms with Gasteiger partial charge in [0.05, 0.1) is 24.7 Å². The van der Waals surface area contributed by atoms with Crippen LogP contribution in [0.15, 0.2) is 30.5 Å². The number of aromatic nitrogens is 2. The molecule has 0 saturated carbocycles. The molecule has 2 heterocycles. The average Bonchev–Trinajstić information content (AvgIpc) is 3.15. The van der Waals surface area contributed by atoms with E-state index in [4.69, 9.17) is 4.74 Å². The normalized spacial score (nSPS) is 17.3. The molecule has 0 aliphatic carbocycles. The van der Waals surface area contributed by atoms with E-state index >= 15 is 0 Å². The second-order valence-corrected chi connectivity index (χ2v) is 8.22. The number of ether oxygens (including phenoxy) is 1. The summed E-state index contributed by atoms with van der Waals surface area (Å²) in [5, 5.41) is 10.1. The van der Waals surface area contributed by atoms with Crippen LogP contribution in [0.3, 0.4) is 0 Å². The maximum atomic E-state index is 12.7. The zero-order chi connectivity index (χ0) is 20.3. The minimum Gasteiger partial charge on any atom is -0.497 e. The van der Waals surface area contributed by atoms with Crippen molar-refractivity contribution < 1.29 is 14.3 Å². The zero-order valence-corrected chi connectivity index (χ0v) is 16.9. The number of hydrogen-bond acceptors (Lipinski definition) is 4. The van der Waals surface area contributed by atoms with Gasteiger partial charge in [-0.2, -0.15) is 5.10 Å². The predicted molar refractivity (Wildman–Crippen MR) is 108 cm³/mol. The molecule has 28 heavy (non-hydrogen) atoms. The predicted octanol–water partition coefficient (Wildman–Crippen LogP) is 3.42. The fourth-order valence-electron chi connectivity index (χ4n) is 3.52. The van der Waals surface area contributed by atoms with Crippen LogP contribution in [-0.4, -0.2) is 47.1 Å². The summed E-state index contributed by atoms with van der Waals surface area (Å²) < 4.78 is 5.13. The topological polar surface area (TPSA) is 87.3 Å². The highest BCUT2D eigenvalue weighted by Crippen LogP contribution is 2.32. The molecule has 3 rings (SSSR count). The summed E-state index contributed by atoms with van der Waals surface area (Å²) in [6, 6.07) is 6.95. The van der Waals surface area contributed by atoms with Crippen LogP contribution in [0.5, 0.6) is 5.75 Å². The summed E-state index contributed by atoms with van der Waals surface area (Å²) >= 11 is 0. The van der Waals surface area contributed by atoms with Crippen molar-refractivity contribution in [1.82, 2.24) is 15.1 Å². The Hall–Kier alpha value is -2.83. The van der Waals surface area contributed by atoms with E-state index < -0.39 is 5.41 Å². The van der Waals surface area contributed by atoms with E-state index in [1.807, 2.05) is 25.7 Å². The largest absolute Gasteiger partial charge is 0.497 e. The molecule has 0 radical (unpaired) electrons. The van der Waals surface area contributed by atoms with Crippen LogP contribution in [0.4, 0.5) is 5.69 Å². The minimum absolute atomic E-state index is 0.119. The Morgan fingerprint density at radius 3 is 2.61 bits per heavy atom. The van der Waals surface area contributed by atoms with Gasteiger partial charge in [-0.25, -0.2) is 0 Å². The quantitative estimate of drug-likeness (QED) is 0.845. The van der Waals surface area contributed by atoms with Gasteiger partial charge in [0.2, 0.25) is 5.91 Å². The first-order chi connectivity index (χ1) is 13.3. The standard InChI is InChI=1S/C21H28N4O3/c1-21(2,3)20(27)25-11-5-6-15(13-25)18-17(12-22-24-18)23-19(26)14-7-9-16(28-4)10-8-14/h7-10,12,15H,5-6,11,13H2,1-4H3,(H,22,24)(H,23,26). The molecule has 7 nitrogen and oxygen atoms in total. The van der Waals surface area contributed by atoms with Gasteiger partial charge in [0, 0.05) is 30.0 Å². The van der Waals surface area contributed by atoms with E-state index in [2.05, 4.69) is 15.5 Å². The summed E-state index contributed by atoms with van der Waals surface area (Å²) in [5.41, 5.74) is 1.67. The van der Waals surface area contributed by atoms with E-state index in [1.165, 1.54) is 0 Å². The summed E-state index contributed by atoms with van der Waals surface area (Å²) in [5.74, 6) is 0.768. The first-order valence-electron chi connectivity index (χ1n) is 9.57. The first kappa shape index (κ1) is 19.9. The zero-order valence-electron chi connectivity index (χ0n) is 16.9. The van der Waals surface area contributed by atoms with Gasteiger partial charge in [-0.05, 0) is 37.1 Å². The fraction of sp³-hybridized carbons (Fsp3) is 0.476. The van der Waals surface area contributed by atoms with Crippen LogP contribution in [0.1, 0.15) is 55.6 Å². The number of aromatic amines is 1. The number of likely N-dealkylation sites (tertiary alicyclic amines) is 1. The third kappa shape index (κ3) is 4.35. The number of nitrogens with zero attached hydrogens (tertiary/aromatic N) is 2. The molecule has 1 atom stereocenters. The van der Waals surface area contributed by atoms with Crippen molar-refractivity contribution in [2.24, 2.45) is 5.41 Å². The SMILES string of the molecule is COc1ccc(C(=O)Nc2cn[nH]c2C2CCCN(C(=O)C(C)(C)C)C2)cc1. The minimum atomic E-state index is -0.402. The molecule has 1 aromatic heterocycles. The number of H-pyrrole nitrogens is 1. The van der Waals surface area contributed by atoms with Crippen LogP contribution in [-0.2, 0) is 4.79 Å².